The minimum atomic E-state index is -5.84. The number of halogens is 3. The lowest BCUT2D eigenvalue weighted by molar-refractivity contribution is -0.0510. The lowest BCUT2D eigenvalue weighted by atomic mass is 9.93. The fraction of sp³-hybridized carbons (Fsp3) is 1.00. The lowest BCUT2D eigenvalue weighted by Crippen LogP contribution is -2.35. The molecule has 0 amide bonds. The van der Waals surface area contributed by atoms with Crippen LogP contribution in [0.15, 0.2) is 0 Å². The van der Waals surface area contributed by atoms with Crippen molar-refractivity contribution in [3.8, 4) is 0 Å². The van der Waals surface area contributed by atoms with Crippen LogP contribution in [0.3, 0.4) is 0 Å². The Kier molecular flexibility index (Phi) is 10.3. The van der Waals surface area contributed by atoms with Gasteiger partial charge in [-0.15, -0.1) is 0 Å². The van der Waals surface area contributed by atoms with E-state index >= 15 is 0 Å². The number of alkyl halides is 3. The summed E-state index contributed by atoms with van der Waals surface area (Å²) in [6.07, 6.45) is 9.94. The first-order valence-corrected chi connectivity index (χ1v) is 9.31. The van der Waals surface area contributed by atoms with Crippen molar-refractivity contribution in [3.05, 3.63) is 0 Å². The molecule has 1 saturated heterocycles. The van der Waals surface area contributed by atoms with Gasteiger partial charge < -0.3 is 4.90 Å². The highest BCUT2D eigenvalue weighted by atomic mass is 32.2. The van der Waals surface area contributed by atoms with Gasteiger partial charge in [0, 0.05) is 6.54 Å². The van der Waals surface area contributed by atoms with Crippen LogP contribution >= 0.6 is 0 Å². The summed E-state index contributed by atoms with van der Waals surface area (Å²) in [7, 11) is -5.84. The molecule has 1 heterocycles. The second-order valence-corrected chi connectivity index (χ2v) is 7.14. The van der Waals surface area contributed by atoms with Gasteiger partial charge in [0.2, 0.25) is 0 Å². The minimum absolute atomic E-state index is 1.01. The van der Waals surface area contributed by atoms with E-state index in [4.69, 9.17) is 13.0 Å². The monoisotopic (exact) mass is 347 g/mol. The second-order valence-electron chi connectivity index (χ2n) is 5.73. The molecule has 1 fully saturated rings. The lowest BCUT2D eigenvalue weighted by Gasteiger charge is -2.32. The molecule has 134 valence electrons. The molecule has 4 nitrogen and oxygen atoms in total. The van der Waals surface area contributed by atoms with Crippen LogP contribution in [-0.4, -0.2) is 43.0 Å². The molecule has 8 heteroatoms. The Morgan fingerprint density at radius 2 is 1.73 bits per heavy atom. The first-order valence-electron chi connectivity index (χ1n) is 7.87. The first kappa shape index (κ1) is 21.7. The molecular weight excluding hydrogens is 319 g/mol. The molecule has 0 aromatic heterocycles. The van der Waals surface area contributed by atoms with E-state index in [9.17, 15) is 13.2 Å². The highest BCUT2D eigenvalue weighted by Crippen LogP contribution is 2.22. The van der Waals surface area contributed by atoms with E-state index in [2.05, 4.69) is 18.7 Å². The molecule has 0 aromatic carbocycles. The Balaban J connectivity index is 0.000000472. The summed E-state index contributed by atoms with van der Waals surface area (Å²) in [6, 6.07) is 0. The SMILES string of the molecule is CCCCC1CCCN(CCCC)C1.O=S(=O)(O)C(F)(F)F. The van der Waals surface area contributed by atoms with Crippen molar-refractivity contribution in [2.24, 2.45) is 5.92 Å². The molecule has 0 spiro atoms. The number of hydrogen-bond acceptors (Lipinski definition) is 3. The van der Waals surface area contributed by atoms with E-state index < -0.39 is 15.6 Å². The first-order chi connectivity index (χ1) is 10.1. The molecule has 1 N–H and O–H groups in total. The van der Waals surface area contributed by atoms with Crippen molar-refractivity contribution in [1.82, 2.24) is 4.90 Å². The number of nitrogens with zero attached hydrogens (tertiary/aromatic N) is 1. The highest BCUT2D eigenvalue weighted by molar-refractivity contribution is 7.86. The summed E-state index contributed by atoms with van der Waals surface area (Å²) in [5.41, 5.74) is -5.53. The third-order valence-corrected chi connectivity index (χ3v) is 4.27. The maximum absolute atomic E-state index is 10.7. The van der Waals surface area contributed by atoms with Gasteiger partial charge in [0.05, 0.1) is 0 Å². The molecule has 1 unspecified atom stereocenters. The van der Waals surface area contributed by atoms with E-state index in [0.717, 1.165) is 5.92 Å². The summed E-state index contributed by atoms with van der Waals surface area (Å²) in [6.45, 7) is 8.69. The summed E-state index contributed by atoms with van der Waals surface area (Å²) in [5, 5.41) is 0. The molecule has 0 radical (unpaired) electrons. The third-order valence-electron chi connectivity index (χ3n) is 3.69. The van der Waals surface area contributed by atoms with Crippen molar-refractivity contribution in [2.45, 2.75) is 64.3 Å². The maximum atomic E-state index is 10.7. The molecule has 0 aromatic rings. The largest absolute Gasteiger partial charge is 0.522 e. The van der Waals surface area contributed by atoms with Gasteiger partial charge in [0.1, 0.15) is 0 Å². The van der Waals surface area contributed by atoms with E-state index in [1.807, 2.05) is 0 Å². The quantitative estimate of drug-likeness (QED) is 0.581. The Hall–Kier alpha value is -0.340. The number of unbranched alkanes of at least 4 members (excludes halogenated alkanes) is 2. The van der Waals surface area contributed by atoms with Crippen molar-refractivity contribution < 1.29 is 26.1 Å². The van der Waals surface area contributed by atoms with E-state index in [0.29, 0.717) is 0 Å². The van der Waals surface area contributed by atoms with Gasteiger partial charge in [-0.1, -0.05) is 33.1 Å². The Morgan fingerprint density at radius 1 is 1.18 bits per heavy atom. The van der Waals surface area contributed by atoms with Crippen molar-refractivity contribution in [1.29, 1.82) is 0 Å². The van der Waals surface area contributed by atoms with Crippen LogP contribution in [0.4, 0.5) is 13.2 Å². The Labute approximate surface area is 131 Å². The van der Waals surface area contributed by atoms with Gasteiger partial charge in [-0.25, -0.2) is 0 Å². The zero-order valence-corrected chi connectivity index (χ0v) is 14.2. The fourth-order valence-electron chi connectivity index (χ4n) is 2.46. The topological polar surface area (TPSA) is 57.6 Å². The molecule has 1 aliphatic heterocycles. The average molecular weight is 347 g/mol. The Morgan fingerprint density at radius 3 is 2.18 bits per heavy atom. The standard InChI is InChI=1S/C13H27N.CHF3O3S/c1-3-5-8-13-9-7-11-14(12-13)10-6-4-2;2-1(3,4)8(5,6)7/h13H,3-12H2,1-2H3;(H,5,6,7). The van der Waals surface area contributed by atoms with Gasteiger partial charge in [0.15, 0.2) is 0 Å². The molecule has 0 aliphatic carbocycles. The molecule has 0 saturated carbocycles. The third kappa shape index (κ3) is 9.63. The zero-order chi connectivity index (χ0) is 17.2. The summed E-state index contributed by atoms with van der Waals surface area (Å²) >= 11 is 0. The van der Waals surface area contributed by atoms with Gasteiger partial charge in [-0.2, -0.15) is 21.6 Å². The van der Waals surface area contributed by atoms with Crippen LogP contribution in [0.2, 0.25) is 0 Å². The zero-order valence-electron chi connectivity index (χ0n) is 13.4. The number of hydrogen-bond donors (Lipinski definition) is 1. The summed E-state index contributed by atoms with van der Waals surface area (Å²) in [4.78, 5) is 2.69. The summed E-state index contributed by atoms with van der Waals surface area (Å²) in [5.74, 6) is 1.01. The molecule has 22 heavy (non-hydrogen) atoms. The minimum Gasteiger partial charge on any atom is -0.303 e. The summed E-state index contributed by atoms with van der Waals surface area (Å²) < 4.78 is 57.5. The van der Waals surface area contributed by atoms with Crippen molar-refractivity contribution in [2.75, 3.05) is 19.6 Å². The molecular formula is C14H28F3NO3S. The predicted molar refractivity (Wildman–Crippen MR) is 81.2 cm³/mol. The van der Waals surface area contributed by atoms with E-state index in [1.54, 1.807) is 0 Å². The van der Waals surface area contributed by atoms with Crippen LogP contribution in [0, 0.1) is 5.92 Å². The van der Waals surface area contributed by atoms with Crippen molar-refractivity contribution in [3.63, 3.8) is 0 Å². The smallest absolute Gasteiger partial charge is 0.303 e. The molecule has 0 bridgehead atoms. The highest BCUT2D eigenvalue weighted by Gasteiger charge is 2.44. The fourth-order valence-corrected chi connectivity index (χ4v) is 2.46. The van der Waals surface area contributed by atoms with Crippen LogP contribution in [0.5, 0.6) is 0 Å². The predicted octanol–water partition coefficient (Wildman–Crippen LogP) is 4.08. The van der Waals surface area contributed by atoms with Gasteiger partial charge >= 0.3 is 15.6 Å². The molecule has 1 aliphatic rings. The second kappa shape index (κ2) is 10.4. The number of likely N-dealkylation sites (tertiary alicyclic amines) is 1. The van der Waals surface area contributed by atoms with Gasteiger partial charge in [0.25, 0.3) is 0 Å². The van der Waals surface area contributed by atoms with E-state index in [-0.39, 0.29) is 0 Å². The number of rotatable bonds is 6. The van der Waals surface area contributed by atoms with Crippen LogP contribution < -0.4 is 0 Å². The normalized spacial score (nSPS) is 20.4. The number of piperidine rings is 1. The van der Waals surface area contributed by atoms with E-state index in [1.165, 1.54) is 64.6 Å². The maximum Gasteiger partial charge on any atom is 0.522 e. The van der Waals surface area contributed by atoms with Crippen LogP contribution in [-0.2, 0) is 10.1 Å². The molecule has 1 rings (SSSR count). The Bertz CT molecular complexity index is 371. The van der Waals surface area contributed by atoms with Gasteiger partial charge in [-0.05, 0) is 44.7 Å². The van der Waals surface area contributed by atoms with Gasteiger partial charge in [-0.3, -0.25) is 4.55 Å². The molecule has 1 atom stereocenters. The van der Waals surface area contributed by atoms with Crippen LogP contribution in [0.1, 0.15) is 58.8 Å². The van der Waals surface area contributed by atoms with Crippen LogP contribution in [0.25, 0.3) is 0 Å². The van der Waals surface area contributed by atoms with Crippen molar-refractivity contribution >= 4 is 10.1 Å². The average Bonchev–Trinajstić information content (AvgIpc) is 2.42.